The van der Waals surface area contributed by atoms with Gasteiger partial charge in [-0.2, -0.15) is 0 Å². The van der Waals surface area contributed by atoms with Crippen molar-refractivity contribution in [3.8, 4) is 0 Å². The number of carbonyl (C=O) groups excluding carboxylic acids is 3. The molecule has 1 aliphatic heterocycles. The highest BCUT2D eigenvalue weighted by Crippen LogP contribution is 2.31. The van der Waals surface area contributed by atoms with E-state index in [0.29, 0.717) is 29.5 Å². The number of aromatic nitrogens is 1. The summed E-state index contributed by atoms with van der Waals surface area (Å²) < 4.78 is 1.05. The summed E-state index contributed by atoms with van der Waals surface area (Å²) in [5.74, 6) is -0.675. The molecule has 2 heterocycles. The molecule has 174 valence electrons. The van der Waals surface area contributed by atoms with Crippen LogP contribution in [-0.4, -0.2) is 54.8 Å². The zero-order valence-electron chi connectivity index (χ0n) is 18.9. The number of carbonyl (C=O) groups is 3. The third-order valence-electron chi connectivity index (χ3n) is 5.50. The average Bonchev–Trinajstić information content (AvgIpc) is 3.35. The lowest BCUT2D eigenvalue weighted by Crippen LogP contribution is -2.37. The van der Waals surface area contributed by atoms with E-state index in [1.54, 1.807) is 29.2 Å². The number of imide groups is 1. The first-order chi connectivity index (χ1) is 15.4. The number of thiazole rings is 1. The van der Waals surface area contributed by atoms with Crippen LogP contribution in [0.4, 0.5) is 10.8 Å². The Morgan fingerprint density at radius 1 is 1.06 bits per heavy atom. The molecule has 3 aromatic rings. The molecule has 1 saturated heterocycles. The molecule has 33 heavy (non-hydrogen) atoms. The van der Waals surface area contributed by atoms with Gasteiger partial charge in [-0.3, -0.25) is 24.2 Å². The number of likely N-dealkylation sites (N-methyl/N-ethyl adjacent to an activating group) is 1. The predicted octanol–water partition coefficient (Wildman–Crippen LogP) is 4.14. The molecule has 1 fully saturated rings. The van der Waals surface area contributed by atoms with Gasteiger partial charge in [-0.1, -0.05) is 30.4 Å². The van der Waals surface area contributed by atoms with Gasteiger partial charge in [0, 0.05) is 31.5 Å². The predicted molar refractivity (Wildman–Crippen MR) is 135 cm³/mol. The topological polar surface area (TPSA) is 73.8 Å². The number of nitrogens with zero attached hydrogens (tertiary/aromatic N) is 4. The molecule has 2 aromatic carbocycles. The van der Waals surface area contributed by atoms with E-state index < -0.39 is 0 Å². The molecule has 0 saturated carbocycles. The van der Waals surface area contributed by atoms with Crippen LogP contribution in [0.3, 0.4) is 0 Å². The van der Waals surface area contributed by atoms with Crippen molar-refractivity contribution in [3.05, 3.63) is 53.6 Å². The molecule has 9 heteroatoms. The van der Waals surface area contributed by atoms with Crippen LogP contribution in [0.5, 0.6) is 0 Å². The second kappa shape index (κ2) is 10.4. The second-order valence-corrected chi connectivity index (χ2v) is 9.09. The standard InChI is InChI=1S/C24H26N4O3S.ClH/c1-4-16-8-9-19-20(14-16)32-24(25-19)27(13-12-26(2)3)23(31)17-6-5-7-18(15-17)28-21(29)10-11-22(28)30;/h5-9,14-15H,4,10-13H2,1-3H3;1H. The Morgan fingerprint density at radius 2 is 1.79 bits per heavy atom. The van der Waals surface area contributed by atoms with Gasteiger partial charge in [0.15, 0.2) is 5.13 Å². The Labute approximate surface area is 203 Å². The van der Waals surface area contributed by atoms with Gasteiger partial charge >= 0.3 is 0 Å². The minimum Gasteiger partial charge on any atom is -0.308 e. The first kappa shape index (κ1) is 24.8. The second-order valence-electron chi connectivity index (χ2n) is 8.09. The number of hydrogen-bond donors (Lipinski definition) is 0. The van der Waals surface area contributed by atoms with Gasteiger partial charge in [0.2, 0.25) is 11.8 Å². The zero-order valence-corrected chi connectivity index (χ0v) is 20.5. The molecular formula is C24H27ClN4O3S. The molecule has 0 unspecified atom stereocenters. The van der Waals surface area contributed by atoms with Gasteiger partial charge in [0.25, 0.3) is 5.91 Å². The van der Waals surface area contributed by atoms with E-state index in [0.717, 1.165) is 16.6 Å². The van der Waals surface area contributed by atoms with Crippen LogP contribution in [0.25, 0.3) is 10.2 Å². The van der Waals surface area contributed by atoms with Crippen molar-refractivity contribution in [2.45, 2.75) is 26.2 Å². The third-order valence-corrected chi connectivity index (χ3v) is 6.54. The summed E-state index contributed by atoms with van der Waals surface area (Å²) >= 11 is 1.50. The summed E-state index contributed by atoms with van der Waals surface area (Å²) in [5.41, 5.74) is 2.95. The van der Waals surface area contributed by atoms with Crippen LogP contribution in [0, 0.1) is 0 Å². The lowest BCUT2D eigenvalue weighted by atomic mass is 10.1. The minimum absolute atomic E-state index is 0. The van der Waals surface area contributed by atoms with Crippen LogP contribution < -0.4 is 9.80 Å². The Hall–Kier alpha value is -2.81. The lowest BCUT2D eigenvalue weighted by molar-refractivity contribution is -0.121. The number of amides is 3. The Kier molecular flexibility index (Phi) is 7.84. The molecule has 7 nitrogen and oxygen atoms in total. The van der Waals surface area contributed by atoms with Gasteiger partial charge in [-0.25, -0.2) is 4.98 Å². The van der Waals surface area contributed by atoms with Crippen molar-refractivity contribution in [2.75, 3.05) is 37.0 Å². The van der Waals surface area contributed by atoms with Gasteiger partial charge in [0.05, 0.1) is 15.9 Å². The Morgan fingerprint density at radius 3 is 2.45 bits per heavy atom. The SMILES string of the molecule is CCc1ccc2nc(N(CCN(C)C)C(=O)c3cccc(N4C(=O)CCC4=O)c3)sc2c1.Cl. The van der Waals surface area contributed by atoms with E-state index in [1.165, 1.54) is 21.8 Å². The number of fused-ring (bicyclic) bond motifs is 1. The molecule has 0 radical (unpaired) electrons. The monoisotopic (exact) mass is 486 g/mol. The molecule has 0 spiro atoms. The lowest BCUT2D eigenvalue weighted by Gasteiger charge is -2.22. The summed E-state index contributed by atoms with van der Waals surface area (Å²) in [6.07, 6.45) is 1.35. The number of rotatable bonds is 7. The largest absolute Gasteiger partial charge is 0.308 e. The minimum atomic E-state index is -0.234. The summed E-state index contributed by atoms with van der Waals surface area (Å²) in [5, 5.41) is 0.638. The van der Waals surface area contributed by atoms with Crippen molar-refractivity contribution in [1.29, 1.82) is 0 Å². The fourth-order valence-corrected chi connectivity index (χ4v) is 4.73. The van der Waals surface area contributed by atoms with Crippen molar-refractivity contribution >= 4 is 62.5 Å². The quantitative estimate of drug-likeness (QED) is 0.469. The van der Waals surface area contributed by atoms with Gasteiger partial charge < -0.3 is 4.90 Å². The van der Waals surface area contributed by atoms with Crippen molar-refractivity contribution in [1.82, 2.24) is 9.88 Å². The van der Waals surface area contributed by atoms with Crippen LogP contribution in [-0.2, 0) is 16.0 Å². The fourth-order valence-electron chi connectivity index (χ4n) is 3.67. The van der Waals surface area contributed by atoms with E-state index in [2.05, 4.69) is 19.1 Å². The fraction of sp³-hybridized carbons (Fsp3) is 0.333. The van der Waals surface area contributed by atoms with Crippen molar-refractivity contribution in [2.24, 2.45) is 0 Å². The molecule has 0 bridgehead atoms. The van der Waals surface area contributed by atoms with Crippen molar-refractivity contribution in [3.63, 3.8) is 0 Å². The smallest absolute Gasteiger partial charge is 0.260 e. The molecule has 0 N–H and O–H groups in total. The molecule has 0 aliphatic carbocycles. The number of halogens is 1. The Bertz CT molecular complexity index is 1180. The highest BCUT2D eigenvalue weighted by Gasteiger charge is 2.31. The van der Waals surface area contributed by atoms with E-state index in [4.69, 9.17) is 4.98 Å². The molecule has 0 atom stereocenters. The molecule has 4 rings (SSSR count). The molecular weight excluding hydrogens is 460 g/mol. The first-order valence-corrected chi connectivity index (χ1v) is 11.5. The summed E-state index contributed by atoms with van der Waals surface area (Å²) in [4.78, 5) is 47.5. The molecule has 3 amide bonds. The number of anilines is 2. The normalized spacial score (nSPS) is 13.6. The van der Waals surface area contributed by atoms with Crippen molar-refractivity contribution < 1.29 is 14.4 Å². The third kappa shape index (κ3) is 5.24. The summed E-state index contributed by atoms with van der Waals surface area (Å²) in [6.45, 7) is 3.25. The maximum absolute atomic E-state index is 13.6. The number of aryl methyl sites for hydroxylation is 1. The zero-order chi connectivity index (χ0) is 22.8. The van der Waals surface area contributed by atoms with Gasteiger partial charge in [-0.15, -0.1) is 12.4 Å². The maximum Gasteiger partial charge on any atom is 0.260 e. The van der Waals surface area contributed by atoms with Crippen LogP contribution in [0.15, 0.2) is 42.5 Å². The van der Waals surface area contributed by atoms with Crippen LogP contribution in [0.1, 0.15) is 35.7 Å². The first-order valence-electron chi connectivity index (χ1n) is 10.7. The maximum atomic E-state index is 13.6. The van der Waals surface area contributed by atoms with Gasteiger partial charge in [-0.05, 0) is 56.4 Å². The van der Waals surface area contributed by atoms with Crippen LogP contribution in [0.2, 0.25) is 0 Å². The highest BCUT2D eigenvalue weighted by atomic mass is 35.5. The van der Waals surface area contributed by atoms with Crippen LogP contribution >= 0.6 is 23.7 Å². The molecule has 1 aromatic heterocycles. The van der Waals surface area contributed by atoms with E-state index in [-0.39, 0.29) is 43.0 Å². The summed E-state index contributed by atoms with van der Waals surface area (Å²) in [6, 6.07) is 12.9. The highest BCUT2D eigenvalue weighted by molar-refractivity contribution is 7.22. The van der Waals surface area contributed by atoms with E-state index in [9.17, 15) is 14.4 Å². The van der Waals surface area contributed by atoms with E-state index in [1.807, 2.05) is 25.1 Å². The Balaban J connectivity index is 0.00000306. The van der Waals surface area contributed by atoms with Gasteiger partial charge in [0.1, 0.15) is 0 Å². The average molecular weight is 487 g/mol. The van der Waals surface area contributed by atoms with E-state index >= 15 is 0 Å². The molecule has 1 aliphatic rings. The summed E-state index contributed by atoms with van der Waals surface area (Å²) in [7, 11) is 3.92. The number of hydrogen-bond acceptors (Lipinski definition) is 6. The number of benzene rings is 2.